The number of benzene rings is 3. The van der Waals surface area contributed by atoms with Crippen LogP contribution in [0.3, 0.4) is 0 Å². The summed E-state index contributed by atoms with van der Waals surface area (Å²) in [7, 11) is -3.84. The predicted octanol–water partition coefficient (Wildman–Crippen LogP) is 5.26. The van der Waals surface area contributed by atoms with Gasteiger partial charge in [0.2, 0.25) is 0 Å². The van der Waals surface area contributed by atoms with Gasteiger partial charge in [-0.15, -0.1) is 6.58 Å². The lowest BCUT2D eigenvalue weighted by atomic mass is 10.00. The van der Waals surface area contributed by atoms with Gasteiger partial charge in [-0.2, -0.15) is 0 Å². The number of Topliss-reactive ketones (excluding diaryl/α,β-unsaturated/α-hetero) is 1. The third-order valence-electron chi connectivity index (χ3n) is 5.70. The van der Waals surface area contributed by atoms with Crippen LogP contribution in [0.25, 0.3) is 11.1 Å². The van der Waals surface area contributed by atoms with Crippen molar-refractivity contribution in [3.05, 3.63) is 103 Å². The predicted molar refractivity (Wildman–Crippen MR) is 116 cm³/mol. The van der Waals surface area contributed by atoms with E-state index in [0.717, 1.165) is 16.7 Å². The first kappa shape index (κ1) is 19.3. The van der Waals surface area contributed by atoms with E-state index in [1.807, 2.05) is 49.4 Å². The zero-order chi connectivity index (χ0) is 20.6. The number of carbonyl (C=O) groups is 1. The second kappa shape index (κ2) is 7.12. The van der Waals surface area contributed by atoms with Crippen molar-refractivity contribution in [1.82, 2.24) is 0 Å². The molecular formula is C25H22O3S. The van der Waals surface area contributed by atoms with Crippen LogP contribution in [0, 0.1) is 12.8 Å². The lowest BCUT2D eigenvalue weighted by molar-refractivity contribution is 0.0974. The molecule has 0 saturated heterocycles. The van der Waals surface area contributed by atoms with Gasteiger partial charge in [0.25, 0.3) is 0 Å². The maximum atomic E-state index is 13.4. The number of hydrogen-bond donors (Lipinski definition) is 0. The summed E-state index contributed by atoms with van der Waals surface area (Å²) in [4.78, 5) is 13.6. The number of carbonyl (C=O) groups excluding carboxylic acids is 1. The van der Waals surface area contributed by atoms with Crippen LogP contribution in [-0.4, -0.2) is 18.9 Å². The average molecular weight is 403 g/mol. The Morgan fingerprint density at radius 3 is 2.07 bits per heavy atom. The molecule has 0 aromatic heterocycles. The number of allylic oxidation sites excluding steroid dienone is 1. The Morgan fingerprint density at radius 1 is 0.931 bits per heavy atom. The first-order valence-electron chi connectivity index (χ1n) is 9.54. The van der Waals surface area contributed by atoms with E-state index in [9.17, 15) is 13.2 Å². The number of hydrogen-bond acceptors (Lipinski definition) is 3. The van der Waals surface area contributed by atoms with E-state index >= 15 is 0 Å². The highest BCUT2D eigenvalue weighted by molar-refractivity contribution is 7.94. The van der Waals surface area contributed by atoms with E-state index in [-0.39, 0.29) is 23.0 Å². The fourth-order valence-corrected chi connectivity index (χ4v) is 6.02. The first-order chi connectivity index (χ1) is 13.9. The number of sulfone groups is 1. The van der Waals surface area contributed by atoms with Crippen molar-refractivity contribution in [3.8, 4) is 11.1 Å². The minimum Gasteiger partial charge on any atom is -0.292 e. The fourth-order valence-electron chi connectivity index (χ4n) is 3.85. The van der Waals surface area contributed by atoms with Crippen LogP contribution in [0.2, 0.25) is 0 Å². The quantitative estimate of drug-likeness (QED) is 0.417. The molecule has 3 aromatic carbocycles. The van der Waals surface area contributed by atoms with Crippen LogP contribution < -0.4 is 0 Å². The summed E-state index contributed by atoms with van der Waals surface area (Å²) in [5.74, 6) is -0.738. The molecule has 3 aromatic rings. The second-order valence-electron chi connectivity index (χ2n) is 7.52. The minimum absolute atomic E-state index is 0.182. The topological polar surface area (TPSA) is 51.2 Å². The summed E-state index contributed by atoms with van der Waals surface area (Å²) in [5.41, 5.74) is 3.40. The molecule has 146 valence electrons. The van der Waals surface area contributed by atoms with Crippen molar-refractivity contribution in [2.45, 2.75) is 23.0 Å². The standard InChI is InChI=1S/C25H22O3S/c1-3-22-17-25(22,29(27,28)23-15-9-18(2)10-16-23)24(26)21-13-11-20(12-14-21)19-7-5-4-6-8-19/h3-16,22H,1,17H2,2H3. The van der Waals surface area contributed by atoms with Crippen molar-refractivity contribution in [2.24, 2.45) is 5.92 Å². The van der Waals surface area contributed by atoms with Crippen molar-refractivity contribution in [1.29, 1.82) is 0 Å². The third kappa shape index (κ3) is 3.14. The smallest absolute Gasteiger partial charge is 0.192 e. The van der Waals surface area contributed by atoms with Crippen molar-refractivity contribution < 1.29 is 13.2 Å². The Bertz CT molecular complexity index is 1160. The minimum atomic E-state index is -3.84. The van der Waals surface area contributed by atoms with E-state index in [4.69, 9.17) is 0 Å². The summed E-state index contributed by atoms with van der Waals surface area (Å²) in [5, 5.41) is 0. The van der Waals surface area contributed by atoms with Gasteiger partial charge < -0.3 is 0 Å². The summed E-state index contributed by atoms with van der Waals surface area (Å²) in [6, 6.07) is 23.7. The molecule has 0 radical (unpaired) electrons. The summed E-state index contributed by atoms with van der Waals surface area (Å²) in [6.07, 6.45) is 1.86. The number of aryl methyl sites for hydroxylation is 1. The highest BCUT2D eigenvalue weighted by Crippen LogP contribution is 2.55. The molecule has 29 heavy (non-hydrogen) atoms. The molecule has 1 aliphatic rings. The largest absolute Gasteiger partial charge is 0.292 e. The van der Waals surface area contributed by atoms with Gasteiger partial charge >= 0.3 is 0 Å². The summed E-state index contributed by atoms with van der Waals surface area (Å²) >= 11 is 0. The average Bonchev–Trinajstić information content (AvgIpc) is 3.51. The normalized spacial score (nSPS) is 20.8. The molecule has 0 bridgehead atoms. The highest BCUT2D eigenvalue weighted by atomic mass is 32.2. The van der Waals surface area contributed by atoms with Crippen LogP contribution in [0.15, 0.2) is 96.4 Å². The maximum Gasteiger partial charge on any atom is 0.192 e. The summed E-state index contributed by atoms with van der Waals surface area (Å²) < 4.78 is 25.4. The van der Waals surface area contributed by atoms with Gasteiger partial charge in [-0.05, 0) is 36.6 Å². The zero-order valence-corrected chi connectivity index (χ0v) is 17.0. The molecule has 2 atom stereocenters. The number of rotatable bonds is 6. The molecule has 0 aliphatic heterocycles. The molecule has 1 fully saturated rings. The molecule has 1 aliphatic carbocycles. The SMILES string of the molecule is C=CC1CC1(C(=O)c1ccc(-c2ccccc2)cc1)S(=O)(=O)c1ccc(C)cc1. The molecule has 4 rings (SSSR count). The van der Waals surface area contributed by atoms with Gasteiger partial charge in [-0.1, -0.05) is 78.4 Å². The van der Waals surface area contributed by atoms with Gasteiger partial charge in [0.1, 0.15) is 4.75 Å². The molecule has 0 heterocycles. The molecule has 0 amide bonds. The molecule has 2 unspecified atom stereocenters. The van der Waals surface area contributed by atoms with Gasteiger partial charge in [-0.25, -0.2) is 8.42 Å². The van der Waals surface area contributed by atoms with E-state index in [1.54, 1.807) is 42.5 Å². The fraction of sp³-hybridized carbons (Fsp3) is 0.160. The third-order valence-corrected chi connectivity index (χ3v) is 8.20. The molecule has 0 spiro atoms. The molecular weight excluding hydrogens is 380 g/mol. The zero-order valence-electron chi connectivity index (χ0n) is 16.2. The van der Waals surface area contributed by atoms with E-state index in [2.05, 4.69) is 6.58 Å². The second-order valence-corrected chi connectivity index (χ2v) is 9.73. The van der Waals surface area contributed by atoms with Gasteiger partial charge in [0, 0.05) is 11.5 Å². The first-order valence-corrected chi connectivity index (χ1v) is 11.0. The lowest BCUT2D eigenvalue weighted by Crippen LogP contribution is -2.35. The van der Waals surface area contributed by atoms with Crippen LogP contribution in [0.1, 0.15) is 22.3 Å². The van der Waals surface area contributed by atoms with Gasteiger partial charge in [0.15, 0.2) is 15.6 Å². The van der Waals surface area contributed by atoms with Crippen molar-refractivity contribution in [2.75, 3.05) is 0 Å². The van der Waals surface area contributed by atoms with Crippen LogP contribution in [0.5, 0.6) is 0 Å². The van der Waals surface area contributed by atoms with Crippen molar-refractivity contribution in [3.63, 3.8) is 0 Å². The summed E-state index contributed by atoms with van der Waals surface area (Å²) in [6.45, 7) is 5.65. The van der Waals surface area contributed by atoms with Crippen LogP contribution in [-0.2, 0) is 9.84 Å². The van der Waals surface area contributed by atoms with Crippen LogP contribution >= 0.6 is 0 Å². The van der Waals surface area contributed by atoms with Gasteiger partial charge in [0.05, 0.1) is 4.90 Å². The Hall–Kier alpha value is -2.98. The molecule has 4 heteroatoms. The molecule has 3 nitrogen and oxygen atoms in total. The Labute approximate surface area is 171 Å². The Kier molecular flexibility index (Phi) is 4.75. The van der Waals surface area contributed by atoms with E-state index < -0.39 is 14.6 Å². The van der Waals surface area contributed by atoms with E-state index in [1.165, 1.54) is 0 Å². The highest BCUT2D eigenvalue weighted by Gasteiger charge is 2.67. The Morgan fingerprint density at radius 2 is 1.52 bits per heavy atom. The molecule has 0 N–H and O–H groups in total. The number of ketones is 1. The maximum absolute atomic E-state index is 13.4. The molecule has 1 saturated carbocycles. The van der Waals surface area contributed by atoms with E-state index in [0.29, 0.717) is 5.56 Å². The van der Waals surface area contributed by atoms with Crippen LogP contribution in [0.4, 0.5) is 0 Å². The lowest BCUT2D eigenvalue weighted by Gasteiger charge is -2.17. The van der Waals surface area contributed by atoms with Crippen molar-refractivity contribution >= 4 is 15.6 Å². The Balaban J connectivity index is 1.71. The van der Waals surface area contributed by atoms with Gasteiger partial charge in [-0.3, -0.25) is 4.79 Å². The monoisotopic (exact) mass is 402 g/mol.